The van der Waals surface area contributed by atoms with Gasteiger partial charge in [0.2, 0.25) is 0 Å². The molecule has 0 spiro atoms. The molecular weight excluding hydrogens is 307 g/mol. The van der Waals surface area contributed by atoms with Crippen molar-refractivity contribution in [2.24, 2.45) is 0 Å². The third kappa shape index (κ3) is 2.90. The summed E-state index contributed by atoms with van der Waals surface area (Å²) < 4.78 is 14.4. The van der Waals surface area contributed by atoms with Crippen LogP contribution in [0.3, 0.4) is 0 Å². The van der Waals surface area contributed by atoms with Crippen molar-refractivity contribution in [3.05, 3.63) is 35.9 Å². The molecule has 1 aliphatic heterocycles. The van der Waals surface area contributed by atoms with E-state index in [1.54, 1.807) is 6.33 Å². The van der Waals surface area contributed by atoms with Gasteiger partial charge >= 0.3 is 0 Å². The second kappa shape index (κ2) is 6.30. The Bertz CT molecular complexity index is 725. The van der Waals surface area contributed by atoms with Crippen molar-refractivity contribution in [1.29, 1.82) is 0 Å². The van der Waals surface area contributed by atoms with Crippen molar-refractivity contribution in [3.8, 4) is 0 Å². The molecule has 0 bridgehead atoms. The minimum absolute atomic E-state index is 0.286. The van der Waals surface area contributed by atoms with E-state index in [1.165, 1.54) is 19.2 Å². The highest BCUT2D eigenvalue weighted by atomic mass is 19.1. The summed E-state index contributed by atoms with van der Waals surface area (Å²) >= 11 is 0. The lowest BCUT2D eigenvalue weighted by molar-refractivity contribution is 0.567. The monoisotopic (exact) mass is 328 g/mol. The lowest BCUT2D eigenvalue weighted by Crippen LogP contribution is -2.47. The molecule has 0 N–H and O–H groups in total. The molecule has 6 nitrogen and oxygen atoms in total. The van der Waals surface area contributed by atoms with Crippen LogP contribution in [-0.4, -0.2) is 46.1 Å². The van der Waals surface area contributed by atoms with Crippen LogP contribution in [0.1, 0.15) is 37.1 Å². The zero-order chi connectivity index (χ0) is 16.5. The number of piperazine rings is 1. The quantitative estimate of drug-likeness (QED) is 0.857. The molecule has 0 unspecified atom stereocenters. The summed E-state index contributed by atoms with van der Waals surface area (Å²) in [5.41, 5.74) is 1.63. The van der Waals surface area contributed by atoms with E-state index in [0.29, 0.717) is 23.9 Å². The minimum atomic E-state index is -0.286. The van der Waals surface area contributed by atoms with Gasteiger partial charge in [0.05, 0.1) is 5.69 Å². The fraction of sp³-hybridized carbons (Fsp3) is 0.529. The molecule has 126 valence electrons. The van der Waals surface area contributed by atoms with Crippen LogP contribution in [0.2, 0.25) is 0 Å². The van der Waals surface area contributed by atoms with E-state index in [1.807, 2.05) is 11.8 Å². The molecule has 0 atom stereocenters. The second-order valence-electron chi connectivity index (χ2n) is 6.36. The van der Waals surface area contributed by atoms with Crippen molar-refractivity contribution < 1.29 is 4.39 Å². The zero-order valence-corrected chi connectivity index (χ0v) is 13.8. The molecule has 0 aromatic carbocycles. The van der Waals surface area contributed by atoms with Gasteiger partial charge in [0.25, 0.3) is 0 Å². The van der Waals surface area contributed by atoms with Crippen molar-refractivity contribution in [2.75, 3.05) is 36.0 Å². The minimum Gasteiger partial charge on any atom is -0.353 e. The first-order valence-electron chi connectivity index (χ1n) is 8.57. The standard InChI is InChI=1S/C17H21FN6/c1-2-13-16(18)17(22-11-19-13)24-7-5-23(6-8-24)15-9-14(12-3-4-12)20-10-21-15/h9-12H,2-8H2,1H3. The highest BCUT2D eigenvalue weighted by Gasteiger charge is 2.27. The van der Waals surface area contributed by atoms with E-state index in [4.69, 9.17) is 0 Å². The Morgan fingerprint density at radius 1 is 1.00 bits per heavy atom. The Balaban J connectivity index is 1.46. The molecule has 2 aromatic rings. The van der Waals surface area contributed by atoms with Crippen LogP contribution in [0.15, 0.2) is 18.7 Å². The molecule has 4 rings (SSSR count). The first-order valence-corrected chi connectivity index (χ1v) is 8.57. The Hall–Kier alpha value is -2.31. The van der Waals surface area contributed by atoms with Crippen molar-refractivity contribution in [1.82, 2.24) is 19.9 Å². The van der Waals surface area contributed by atoms with Gasteiger partial charge in [-0.05, 0) is 19.3 Å². The van der Waals surface area contributed by atoms with Gasteiger partial charge in [-0.15, -0.1) is 0 Å². The van der Waals surface area contributed by atoms with E-state index in [9.17, 15) is 4.39 Å². The number of nitrogens with zero attached hydrogens (tertiary/aromatic N) is 6. The summed E-state index contributed by atoms with van der Waals surface area (Å²) in [6.07, 6.45) is 6.16. The molecule has 2 fully saturated rings. The predicted octanol–water partition coefficient (Wildman–Crippen LogP) is 2.17. The summed E-state index contributed by atoms with van der Waals surface area (Å²) in [6.45, 7) is 4.94. The highest BCUT2D eigenvalue weighted by Crippen LogP contribution is 2.39. The number of hydrogen-bond donors (Lipinski definition) is 0. The second-order valence-corrected chi connectivity index (χ2v) is 6.36. The Morgan fingerprint density at radius 3 is 2.42 bits per heavy atom. The average Bonchev–Trinajstić information content (AvgIpc) is 3.47. The summed E-state index contributed by atoms with van der Waals surface area (Å²) in [6, 6.07) is 2.10. The third-order valence-corrected chi connectivity index (χ3v) is 4.75. The maximum absolute atomic E-state index is 14.4. The van der Waals surface area contributed by atoms with Crippen LogP contribution in [0.4, 0.5) is 16.0 Å². The molecule has 1 saturated heterocycles. The molecule has 1 aliphatic carbocycles. The number of hydrogen-bond acceptors (Lipinski definition) is 6. The molecular formula is C17H21FN6. The molecule has 2 aromatic heterocycles. The Labute approximate surface area is 140 Å². The van der Waals surface area contributed by atoms with Crippen molar-refractivity contribution in [2.45, 2.75) is 32.1 Å². The summed E-state index contributed by atoms with van der Waals surface area (Å²) in [5, 5.41) is 0. The number of anilines is 2. The van der Waals surface area contributed by atoms with E-state index in [0.717, 1.165) is 37.7 Å². The number of aryl methyl sites for hydroxylation is 1. The van der Waals surface area contributed by atoms with Crippen LogP contribution in [0.5, 0.6) is 0 Å². The number of halogens is 1. The molecule has 3 heterocycles. The first kappa shape index (κ1) is 15.2. The van der Waals surface area contributed by atoms with Crippen LogP contribution < -0.4 is 9.80 Å². The van der Waals surface area contributed by atoms with Crippen molar-refractivity contribution >= 4 is 11.6 Å². The Morgan fingerprint density at radius 2 is 1.71 bits per heavy atom. The van der Waals surface area contributed by atoms with Crippen LogP contribution >= 0.6 is 0 Å². The summed E-state index contributed by atoms with van der Waals surface area (Å²) in [5.74, 6) is 1.73. The number of aromatic nitrogens is 4. The molecule has 24 heavy (non-hydrogen) atoms. The van der Waals surface area contributed by atoms with Gasteiger partial charge in [-0.3, -0.25) is 0 Å². The van der Waals surface area contributed by atoms with Gasteiger partial charge in [-0.25, -0.2) is 24.3 Å². The summed E-state index contributed by atoms with van der Waals surface area (Å²) in [7, 11) is 0. The van der Waals surface area contributed by atoms with E-state index < -0.39 is 0 Å². The summed E-state index contributed by atoms with van der Waals surface area (Å²) in [4.78, 5) is 21.2. The maximum atomic E-state index is 14.4. The molecule has 0 amide bonds. The smallest absolute Gasteiger partial charge is 0.187 e. The van der Waals surface area contributed by atoms with E-state index in [2.05, 4.69) is 30.9 Å². The van der Waals surface area contributed by atoms with Crippen LogP contribution in [-0.2, 0) is 6.42 Å². The predicted molar refractivity (Wildman–Crippen MR) is 89.8 cm³/mol. The van der Waals surface area contributed by atoms with Crippen LogP contribution in [0, 0.1) is 5.82 Å². The molecule has 7 heteroatoms. The van der Waals surface area contributed by atoms with Gasteiger partial charge in [0.15, 0.2) is 11.6 Å². The zero-order valence-electron chi connectivity index (χ0n) is 13.8. The molecule has 2 aliphatic rings. The van der Waals surface area contributed by atoms with Crippen molar-refractivity contribution in [3.63, 3.8) is 0 Å². The fourth-order valence-corrected chi connectivity index (χ4v) is 3.15. The number of rotatable bonds is 4. The maximum Gasteiger partial charge on any atom is 0.187 e. The van der Waals surface area contributed by atoms with Crippen LogP contribution in [0.25, 0.3) is 0 Å². The van der Waals surface area contributed by atoms with E-state index in [-0.39, 0.29) is 5.82 Å². The molecule has 0 radical (unpaired) electrons. The van der Waals surface area contributed by atoms with Gasteiger partial charge in [-0.1, -0.05) is 6.92 Å². The lowest BCUT2D eigenvalue weighted by atomic mass is 10.2. The Kier molecular flexibility index (Phi) is 4.00. The van der Waals surface area contributed by atoms with Gasteiger partial charge in [0.1, 0.15) is 18.5 Å². The SMILES string of the molecule is CCc1ncnc(N2CCN(c3cc(C4CC4)ncn3)CC2)c1F. The fourth-order valence-electron chi connectivity index (χ4n) is 3.15. The average molecular weight is 328 g/mol. The largest absolute Gasteiger partial charge is 0.353 e. The highest BCUT2D eigenvalue weighted by molar-refractivity contribution is 5.46. The van der Waals surface area contributed by atoms with Gasteiger partial charge in [0, 0.05) is 43.9 Å². The third-order valence-electron chi connectivity index (χ3n) is 4.75. The van der Waals surface area contributed by atoms with Gasteiger partial charge in [-0.2, -0.15) is 0 Å². The first-order chi connectivity index (χ1) is 11.8. The normalized spacial score (nSPS) is 18.1. The topological polar surface area (TPSA) is 58.0 Å². The lowest BCUT2D eigenvalue weighted by Gasteiger charge is -2.36. The molecule has 1 saturated carbocycles. The van der Waals surface area contributed by atoms with Gasteiger partial charge < -0.3 is 9.80 Å². The van der Waals surface area contributed by atoms with E-state index >= 15 is 0 Å².